The highest BCUT2D eigenvalue weighted by Crippen LogP contribution is 2.59. The highest BCUT2D eigenvalue weighted by atomic mass is 16.3. The van der Waals surface area contributed by atoms with Crippen molar-refractivity contribution < 1.29 is 14.7 Å². The molecule has 116 valence electrons. The second kappa shape index (κ2) is 4.68. The summed E-state index contributed by atoms with van der Waals surface area (Å²) in [6.45, 7) is 2.16. The number of ketones is 1. The zero-order valence-electron chi connectivity index (χ0n) is 13.0. The summed E-state index contributed by atoms with van der Waals surface area (Å²) >= 11 is 0. The van der Waals surface area contributed by atoms with Crippen molar-refractivity contribution in [3.8, 4) is 5.75 Å². The molecule has 0 aliphatic heterocycles. The summed E-state index contributed by atoms with van der Waals surface area (Å²) < 4.78 is 0. The number of fused-ring (bicyclic) bond motifs is 5. The molecule has 3 aliphatic rings. The molecule has 0 spiro atoms. The molecule has 0 aromatic heterocycles. The summed E-state index contributed by atoms with van der Waals surface area (Å²) in [5, 5.41) is 9.82. The van der Waals surface area contributed by atoms with Gasteiger partial charge < -0.3 is 5.11 Å². The lowest BCUT2D eigenvalue weighted by Gasteiger charge is -2.48. The maximum absolute atomic E-state index is 12.3. The van der Waals surface area contributed by atoms with Crippen molar-refractivity contribution in [3.63, 3.8) is 0 Å². The van der Waals surface area contributed by atoms with Crippen molar-refractivity contribution in [3.05, 3.63) is 28.8 Å². The van der Waals surface area contributed by atoms with Crippen molar-refractivity contribution in [2.45, 2.75) is 51.4 Å². The molecule has 22 heavy (non-hydrogen) atoms. The van der Waals surface area contributed by atoms with E-state index in [1.807, 2.05) is 6.07 Å². The number of benzene rings is 1. The lowest BCUT2D eigenvalue weighted by Crippen LogP contribution is -2.42. The molecule has 1 aromatic carbocycles. The molecule has 2 saturated carbocycles. The van der Waals surface area contributed by atoms with Crippen LogP contribution in [0.4, 0.5) is 0 Å². The zero-order valence-corrected chi connectivity index (χ0v) is 13.0. The standard InChI is InChI=1S/C19H22O3/c1-19-7-6-15-14(16(19)4-5-17(19)22)3-2-11-8-13(21)9-12(10-20)18(11)15/h8-10,14-16,21H,2-7H2,1H3/t14-,15+,16+,19+/m1/s1. The molecule has 3 heteroatoms. The first-order valence-corrected chi connectivity index (χ1v) is 8.39. The molecule has 2 fully saturated rings. The van der Waals surface area contributed by atoms with Gasteiger partial charge in [0.05, 0.1) is 0 Å². The molecular formula is C19H22O3. The van der Waals surface area contributed by atoms with E-state index in [0.717, 1.165) is 55.9 Å². The average Bonchev–Trinajstić information content (AvgIpc) is 2.81. The summed E-state index contributed by atoms with van der Waals surface area (Å²) in [5.74, 6) is 2.01. The van der Waals surface area contributed by atoms with Gasteiger partial charge in [0, 0.05) is 17.4 Å². The van der Waals surface area contributed by atoms with Crippen molar-refractivity contribution >= 4 is 12.1 Å². The molecule has 4 atom stereocenters. The van der Waals surface area contributed by atoms with Gasteiger partial charge in [-0.3, -0.25) is 9.59 Å². The van der Waals surface area contributed by atoms with Gasteiger partial charge in [0.25, 0.3) is 0 Å². The smallest absolute Gasteiger partial charge is 0.150 e. The number of carbonyl (C=O) groups excluding carboxylic acids is 2. The molecule has 0 bridgehead atoms. The molecule has 0 amide bonds. The monoisotopic (exact) mass is 298 g/mol. The maximum atomic E-state index is 12.3. The Labute approximate surface area is 130 Å². The van der Waals surface area contributed by atoms with Crippen LogP contribution >= 0.6 is 0 Å². The zero-order chi connectivity index (χ0) is 15.5. The van der Waals surface area contributed by atoms with Crippen LogP contribution in [0.5, 0.6) is 5.75 Å². The number of aryl methyl sites for hydroxylation is 1. The lowest BCUT2D eigenvalue weighted by molar-refractivity contribution is -0.129. The first-order chi connectivity index (χ1) is 10.5. The second-order valence-electron chi connectivity index (χ2n) is 7.56. The molecule has 3 nitrogen and oxygen atoms in total. The third-order valence-corrected chi connectivity index (χ3v) is 6.67. The maximum Gasteiger partial charge on any atom is 0.150 e. The van der Waals surface area contributed by atoms with E-state index in [9.17, 15) is 14.7 Å². The average molecular weight is 298 g/mol. The summed E-state index contributed by atoms with van der Waals surface area (Å²) in [6.07, 6.45) is 6.54. The minimum absolute atomic E-state index is 0.128. The Bertz CT molecular complexity index is 663. The van der Waals surface area contributed by atoms with Crippen LogP contribution in [0, 0.1) is 17.3 Å². The predicted molar refractivity (Wildman–Crippen MR) is 83.1 cm³/mol. The van der Waals surface area contributed by atoms with Gasteiger partial charge in [-0.05, 0) is 73.1 Å². The Morgan fingerprint density at radius 2 is 2.05 bits per heavy atom. The molecule has 0 unspecified atom stereocenters. The van der Waals surface area contributed by atoms with Crippen molar-refractivity contribution in [1.29, 1.82) is 0 Å². The fourth-order valence-electron chi connectivity index (χ4n) is 5.62. The summed E-state index contributed by atoms with van der Waals surface area (Å²) in [5.41, 5.74) is 2.82. The molecular weight excluding hydrogens is 276 g/mol. The van der Waals surface area contributed by atoms with Gasteiger partial charge in [-0.1, -0.05) is 6.92 Å². The fraction of sp³-hybridized carbons (Fsp3) is 0.579. The van der Waals surface area contributed by atoms with Crippen LogP contribution in [0.25, 0.3) is 0 Å². The number of hydrogen-bond acceptors (Lipinski definition) is 3. The Morgan fingerprint density at radius 3 is 2.82 bits per heavy atom. The summed E-state index contributed by atoms with van der Waals surface area (Å²) in [4.78, 5) is 23.8. The van der Waals surface area contributed by atoms with E-state index in [1.54, 1.807) is 6.07 Å². The number of phenolic OH excluding ortho intramolecular Hbond substituents is 1. The predicted octanol–water partition coefficient (Wildman–Crippen LogP) is 3.63. The normalized spacial score (nSPS) is 36.4. The van der Waals surface area contributed by atoms with E-state index in [-0.39, 0.29) is 11.2 Å². The highest BCUT2D eigenvalue weighted by Gasteiger charge is 2.54. The van der Waals surface area contributed by atoms with Crippen LogP contribution in [0.15, 0.2) is 12.1 Å². The van der Waals surface area contributed by atoms with Crippen LogP contribution in [0.1, 0.15) is 66.4 Å². The molecule has 4 rings (SSSR count). The van der Waals surface area contributed by atoms with Crippen LogP contribution in [-0.2, 0) is 11.2 Å². The summed E-state index contributed by atoms with van der Waals surface area (Å²) in [6, 6.07) is 3.42. The Morgan fingerprint density at radius 1 is 1.23 bits per heavy atom. The first kappa shape index (κ1) is 14.0. The molecule has 0 heterocycles. The van der Waals surface area contributed by atoms with E-state index in [2.05, 4.69) is 6.92 Å². The van der Waals surface area contributed by atoms with Gasteiger partial charge in [-0.2, -0.15) is 0 Å². The Balaban J connectivity index is 1.79. The molecule has 0 saturated heterocycles. The van der Waals surface area contributed by atoms with Crippen LogP contribution < -0.4 is 0 Å². The fourth-order valence-corrected chi connectivity index (χ4v) is 5.62. The number of aldehydes is 1. The van der Waals surface area contributed by atoms with E-state index in [4.69, 9.17) is 0 Å². The number of carbonyl (C=O) groups is 2. The quantitative estimate of drug-likeness (QED) is 0.805. The van der Waals surface area contributed by atoms with E-state index in [0.29, 0.717) is 29.1 Å². The largest absolute Gasteiger partial charge is 0.508 e. The molecule has 1 aromatic rings. The van der Waals surface area contributed by atoms with E-state index in [1.165, 1.54) is 0 Å². The van der Waals surface area contributed by atoms with Gasteiger partial charge in [-0.15, -0.1) is 0 Å². The van der Waals surface area contributed by atoms with Gasteiger partial charge >= 0.3 is 0 Å². The third kappa shape index (κ3) is 1.74. The number of phenols is 1. The number of aromatic hydroxyl groups is 1. The molecule has 3 aliphatic carbocycles. The lowest BCUT2D eigenvalue weighted by atomic mass is 9.55. The van der Waals surface area contributed by atoms with Crippen LogP contribution in [0.3, 0.4) is 0 Å². The van der Waals surface area contributed by atoms with E-state index >= 15 is 0 Å². The van der Waals surface area contributed by atoms with Crippen LogP contribution in [0.2, 0.25) is 0 Å². The summed E-state index contributed by atoms with van der Waals surface area (Å²) in [7, 11) is 0. The van der Waals surface area contributed by atoms with Gasteiger partial charge in [0.1, 0.15) is 17.8 Å². The van der Waals surface area contributed by atoms with Crippen molar-refractivity contribution in [2.75, 3.05) is 0 Å². The minimum Gasteiger partial charge on any atom is -0.508 e. The van der Waals surface area contributed by atoms with Gasteiger partial charge in [0.15, 0.2) is 0 Å². The molecule has 1 N–H and O–H groups in total. The third-order valence-electron chi connectivity index (χ3n) is 6.67. The number of rotatable bonds is 1. The van der Waals surface area contributed by atoms with Gasteiger partial charge in [0.2, 0.25) is 0 Å². The van der Waals surface area contributed by atoms with Crippen molar-refractivity contribution in [1.82, 2.24) is 0 Å². The van der Waals surface area contributed by atoms with Crippen LogP contribution in [-0.4, -0.2) is 17.2 Å². The van der Waals surface area contributed by atoms with Crippen molar-refractivity contribution in [2.24, 2.45) is 17.3 Å². The molecule has 0 radical (unpaired) electrons. The highest BCUT2D eigenvalue weighted by molar-refractivity contribution is 5.87. The first-order valence-electron chi connectivity index (χ1n) is 8.39. The SMILES string of the molecule is C[C@]12CC[C@@H]3c4c(C=O)cc(O)cc4CC[C@H]3[C@@H]1CCC2=O. The Kier molecular flexibility index (Phi) is 2.97. The number of Topliss-reactive ketones (excluding diaryl/α,β-unsaturated/α-hetero) is 1. The topological polar surface area (TPSA) is 54.4 Å². The Hall–Kier alpha value is -1.64. The van der Waals surface area contributed by atoms with Gasteiger partial charge in [-0.25, -0.2) is 0 Å². The number of hydrogen-bond donors (Lipinski definition) is 1. The van der Waals surface area contributed by atoms with E-state index < -0.39 is 0 Å². The second-order valence-corrected chi connectivity index (χ2v) is 7.56. The minimum atomic E-state index is -0.128.